The number of rotatable bonds is 6. The van der Waals surface area contributed by atoms with E-state index in [-0.39, 0.29) is 0 Å². The molecular weight excluding hydrogens is 599 g/mol. The van der Waals surface area contributed by atoms with Crippen molar-refractivity contribution in [2.75, 3.05) is 4.90 Å². The zero-order chi connectivity index (χ0) is 31.9. The SMILES string of the molecule is c1ccc(-c2ccc(N(c3ccc(-c4ccccc4)cc3)c3cccc4sc5cc(-c6ccccc6)c6ccccc6c5c34)cc2)cc1. The van der Waals surface area contributed by atoms with Crippen LogP contribution in [0.1, 0.15) is 0 Å². The van der Waals surface area contributed by atoms with Crippen molar-refractivity contribution in [2.24, 2.45) is 0 Å². The second-order valence-corrected chi connectivity index (χ2v) is 13.2. The predicted octanol–water partition coefficient (Wildman–Crippen LogP) is 13.7. The summed E-state index contributed by atoms with van der Waals surface area (Å²) >= 11 is 1.88. The van der Waals surface area contributed by atoms with Gasteiger partial charge in [-0.3, -0.25) is 0 Å². The molecule has 2 heteroatoms. The Labute approximate surface area is 284 Å². The van der Waals surface area contributed by atoms with Gasteiger partial charge in [-0.05, 0) is 86.6 Å². The fourth-order valence-electron chi connectivity index (χ4n) is 7.00. The Morgan fingerprint density at radius 1 is 0.333 bits per heavy atom. The standard InChI is InChI=1S/C46H31NS/c1-4-13-32(14-5-1)34-23-27-37(28-24-34)47(38-29-25-35(26-30-38)33-15-6-2-7-16-33)42-21-12-22-43-46(42)45-40-20-11-10-19-39(40)41(31-44(45)48-43)36-17-8-3-9-18-36/h1-31H. The van der Waals surface area contributed by atoms with Crippen molar-refractivity contribution in [3.05, 3.63) is 188 Å². The van der Waals surface area contributed by atoms with E-state index >= 15 is 0 Å². The van der Waals surface area contributed by atoms with Crippen LogP contribution in [0, 0.1) is 0 Å². The molecule has 0 amide bonds. The molecule has 8 aromatic carbocycles. The van der Waals surface area contributed by atoms with Crippen LogP contribution in [0.5, 0.6) is 0 Å². The van der Waals surface area contributed by atoms with Gasteiger partial charge in [0.05, 0.1) is 5.69 Å². The monoisotopic (exact) mass is 629 g/mol. The normalized spacial score (nSPS) is 11.3. The molecule has 0 aliphatic rings. The van der Waals surface area contributed by atoms with Crippen molar-refractivity contribution in [1.29, 1.82) is 0 Å². The summed E-state index contributed by atoms with van der Waals surface area (Å²) in [6.07, 6.45) is 0. The van der Waals surface area contributed by atoms with Crippen molar-refractivity contribution in [3.63, 3.8) is 0 Å². The molecule has 9 aromatic rings. The van der Waals surface area contributed by atoms with E-state index in [1.54, 1.807) is 0 Å². The van der Waals surface area contributed by atoms with Gasteiger partial charge in [-0.1, -0.05) is 146 Å². The Bertz CT molecular complexity index is 2430. The van der Waals surface area contributed by atoms with Gasteiger partial charge in [-0.15, -0.1) is 11.3 Å². The van der Waals surface area contributed by atoms with Gasteiger partial charge in [0.25, 0.3) is 0 Å². The lowest BCUT2D eigenvalue weighted by Crippen LogP contribution is -2.10. The molecule has 0 spiro atoms. The summed E-state index contributed by atoms with van der Waals surface area (Å²) in [5.74, 6) is 0. The van der Waals surface area contributed by atoms with Gasteiger partial charge >= 0.3 is 0 Å². The van der Waals surface area contributed by atoms with E-state index in [0.29, 0.717) is 0 Å². The lowest BCUT2D eigenvalue weighted by Gasteiger charge is -2.27. The molecule has 1 heterocycles. The average molecular weight is 630 g/mol. The van der Waals surface area contributed by atoms with Crippen molar-refractivity contribution in [1.82, 2.24) is 0 Å². The second kappa shape index (κ2) is 12.0. The van der Waals surface area contributed by atoms with Gasteiger partial charge in [-0.25, -0.2) is 0 Å². The number of hydrogen-bond acceptors (Lipinski definition) is 2. The first-order valence-corrected chi connectivity index (χ1v) is 17.2. The first-order valence-electron chi connectivity index (χ1n) is 16.4. The molecule has 0 aliphatic heterocycles. The number of nitrogens with zero attached hydrogens (tertiary/aromatic N) is 1. The van der Waals surface area contributed by atoms with Crippen LogP contribution in [-0.2, 0) is 0 Å². The minimum absolute atomic E-state index is 1.12. The molecule has 48 heavy (non-hydrogen) atoms. The molecule has 0 N–H and O–H groups in total. The third-order valence-corrected chi connectivity index (χ3v) is 10.4. The molecular formula is C46H31NS. The second-order valence-electron chi connectivity index (χ2n) is 12.1. The Hall–Kier alpha value is -5.96. The minimum atomic E-state index is 1.12. The summed E-state index contributed by atoms with van der Waals surface area (Å²) in [4.78, 5) is 2.43. The Morgan fingerprint density at radius 3 is 1.38 bits per heavy atom. The zero-order valence-electron chi connectivity index (χ0n) is 26.3. The van der Waals surface area contributed by atoms with E-state index in [1.165, 1.54) is 70.0 Å². The fraction of sp³-hybridized carbons (Fsp3) is 0. The highest BCUT2D eigenvalue weighted by molar-refractivity contribution is 7.26. The highest BCUT2D eigenvalue weighted by atomic mass is 32.1. The first-order chi connectivity index (χ1) is 23.8. The maximum atomic E-state index is 2.43. The van der Waals surface area contributed by atoms with E-state index in [2.05, 4.69) is 193 Å². The molecule has 0 fully saturated rings. The lowest BCUT2D eigenvalue weighted by molar-refractivity contribution is 1.30. The predicted molar refractivity (Wildman–Crippen MR) is 208 cm³/mol. The number of thiophene rings is 1. The molecule has 226 valence electrons. The molecule has 0 saturated heterocycles. The maximum absolute atomic E-state index is 2.43. The van der Waals surface area contributed by atoms with E-state index in [1.807, 2.05) is 11.3 Å². The van der Waals surface area contributed by atoms with Crippen LogP contribution in [0.2, 0.25) is 0 Å². The first kappa shape index (κ1) is 28.3. The summed E-state index contributed by atoms with van der Waals surface area (Å²) in [6.45, 7) is 0. The number of fused-ring (bicyclic) bond motifs is 5. The quantitative estimate of drug-likeness (QED) is 0.177. The Kier molecular flexibility index (Phi) is 7.07. The van der Waals surface area contributed by atoms with E-state index < -0.39 is 0 Å². The van der Waals surface area contributed by atoms with Crippen LogP contribution >= 0.6 is 11.3 Å². The molecule has 0 unspecified atom stereocenters. The molecule has 0 atom stereocenters. The van der Waals surface area contributed by atoms with Crippen LogP contribution in [-0.4, -0.2) is 0 Å². The van der Waals surface area contributed by atoms with E-state index in [4.69, 9.17) is 0 Å². The van der Waals surface area contributed by atoms with Crippen molar-refractivity contribution >= 4 is 59.3 Å². The fourth-order valence-corrected chi connectivity index (χ4v) is 8.18. The summed E-state index contributed by atoms with van der Waals surface area (Å²) in [6, 6.07) is 68.0. The van der Waals surface area contributed by atoms with E-state index in [9.17, 15) is 0 Å². The van der Waals surface area contributed by atoms with Crippen molar-refractivity contribution < 1.29 is 0 Å². The minimum Gasteiger partial charge on any atom is -0.310 e. The van der Waals surface area contributed by atoms with Gasteiger partial charge in [-0.2, -0.15) is 0 Å². The van der Waals surface area contributed by atoms with Gasteiger partial charge in [0, 0.05) is 31.5 Å². The average Bonchev–Trinajstić information content (AvgIpc) is 3.56. The third-order valence-electron chi connectivity index (χ3n) is 9.27. The van der Waals surface area contributed by atoms with Gasteiger partial charge in [0.2, 0.25) is 0 Å². The smallest absolute Gasteiger partial charge is 0.0555 e. The van der Waals surface area contributed by atoms with Gasteiger partial charge in [0.15, 0.2) is 0 Å². The van der Waals surface area contributed by atoms with Crippen molar-refractivity contribution in [3.8, 4) is 33.4 Å². The summed E-state index contributed by atoms with van der Waals surface area (Å²) in [7, 11) is 0. The summed E-state index contributed by atoms with van der Waals surface area (Å²) < 4.78 is 2.58. The molecule has 9 rings (SSSR count). The number of hydrogen-bond donors (Lipinski definition) is 0. The van der Waals surface area contributed by atoms with Gasteiger partial charge < -0.3 is 4.90 Å². The highest BCUT2D eigenvalue weighted by Gasteiger charge is 2.21. The largest absolute Gasteiger partial charge is 0.310 e. The molecule has 1 aromatic heterocycles. The summed E-state index contributed by atoms with van der Waals surface area (Å²) in [5.41, 5.74) is 10.8. The topological polar surface area (TPSA) is 3.24 Å². The van der Waals surface area contributed by atoms with Crippen LogP contribution in [0.15, 0.2) is 188 Å². The summed E-state index contributed by atoms with van der Waals surface area (Å²) in [5, 5.41) is 5.16. The van der Waals surface area contributed by atoms with E-state index in [0.717, 1.165) is 11.4 Å². The van der Waals surface area contributed by atoms with Crippen LogP contribution in [0.3, 0.4) is 0 Å². The highest BCUT2D eigenvalue weighted by Crippen LogP contribution is 2.48. The zero-order valence-corrected chi connectivity index (χ0v) is 27.1. The molecule has 0 radical (unpaired) electrons. The van der Waals surface area contributed by atoms with Crippen LogP contribution < -0.4 is 4.90 Å². The van der Waals surface area contributed by atoms with Crippen molar-refractivity contribution in [2.45, 2.75) is 0 Å². The molecule has 0 saturated carbocycles. The Morgan fingerprint density at radius 2 is 0.812 bits per heavy atom. The lowest BCUT2D eigenvalue weighted by atomic mass is 9.94. The number of anilines is 3. The maximum Gasteiger partial charge on any atom is 0.0555 e. The molecule has 0 bridgehead atoms. The molecule has 0 aliphatic carbocycles. The van der Waals surface area contributed by atoms with Gasteiger partial charge in [0.1, 0.15) is 0 Å². The number of benzene rings is 8. The van der Waals surface area contributed by atoms with Crippen LogP contribution in [0.4, 0.5) is 17.1 Å². The molecule has 1 nitrogen and oxygen atoms in total. The third kappa shape index (κ3) is 4.95. The Balaban J connectivity index is 1.28. The van der Waals surface area contributed by atoms with Crippen LogP contribution in [0.25, 0.3) is 64.3 Å².